The van der Waals surface area contributed by atoms with E-state index in [1.165, 1.54) is 5.56 Å². The van der Waals surface area contributed by atoms with Gasteiger partial charge < -0.3 is 15.7 Å². The molecule has 0 aromatic heterocycles. The van der Waals surface area contributed by atoms with Gasteiger partial charge in [0.25, 0.3) is 5.91 Å². The van der Waals surface area contributed by atoms with Gasteiger partial charge >= 0.3 is 0 Å². The van der Waals surface area contributed by atoms with Gasteiger partial charge in [0.2, 0.25) is 0 Å². The molecule has 1 aliphatic heterocycles. The molecule has 1 aliphatic rings. The van der Waals surface area contributed by atoms with Crippen LogP contribution < -0.4 is 10.6 Å². The molecule has 4 heteroatoms. The quantitative estimate of drug-likeness (QED) is 0.735. The Balaban J connectivity index is 2.08. The maximum absolute atomic E-state index is 11.8. The molecule has 0 spiro atoms. The molecule has 1 aromatic carbocycles. The van der Waals surface area contributed by atoms with Crippen LogP contribution in [-0.4, -0.2) is 30.2 Å². The zero-order valence-electron chi connectivity index (χ0n) is 9.99. The van der Waals surface area contributed by atoms with Crippen molar-refractivity contribution in [1.82, 2.24) is 5.32 Å². The summed E-state index contributed by atoms with van der Waals surface area (Å²) in [7, 11) is 0. The maximum atomic E-state index is 11.8. The van der Waals surface area contributed by atoms with Gasteiger partial charge in [-0.1, -0.05) is 0 Å². The van der Waals surface area contributed by atoms with E-state index < -0.39 is 6.10 Å². The zero-order valence-corrected chi connectivity index (χ0v) is 9.99. The van der Waals surface area contributed by atoms with Crippen LogP contribution in [0.1, 0.15) is 29.3 Å². The molecule has 1 atom stereocenters. The zero-order chi connectivity index (χ0) is 12.3. The van der Waals surface area contributed by atoms with E-state index in [4.69, 9.17) is 5.11 Å². The molecule has 0 saturated heterocycles. The SMILES string of the molecule is C[C@@H](O)CNC(=O)c1ccc2c(c1)CCCN2. The molecular weight excluding hydrogens is 216 g/mol. The summed E-state index contributed by atoms with van der Waals surface area (Å²) in [4.78, 5) is 11.8. The van der Waals surface area contributed by atoms with E-state index in [0.29, 0.717) is 5.56 Å². The number of carbonyl (C=O) groups excluding carboxylic acids is 1. The number of aliphatic hydroxyl groups excluding tert-OH is 1. The number of hydrogen-bond acceptors (Lipinski definition) is 3. The first-order chi connectivity index (χ1) is 8.16. The highest BCUT2D eigenvalue weighted by Crippen LogP contribution is 2.22. The number of anilines is 1. The summed E-state index contributed by atoms with van der Waals surface area (Å²) in [6.45, 7) is 2.94. The second kappa shape index (κ2) is 5.19. The largest absolute Gasteiger partial charge is 0.392 e. The summed E-state index contributed by atoms with van der Waals surface area (Å²) in [5, 5.41) is 15.1. The van der Waals surface area contributed by atoms with Crippen LogP contribution in [0.2, 0.25) is 0 Å². The summed E-state index contributed by atoms with van der Waals surface area (Å²) >= 11 is 0. The minimum atomic E-state index is -0.516. The fourth-order valence-electron chi connectivity index (χ4n) is 1.96. The molecule has 0 unspecified atom stereocenters. The van der Waals surface area contributed by atoms with Gasteiger partial charge in [0.1, 0.15) is 0 Å². The first kappa shape index (κ1) is 11.9. The van der Waals surface area contributed by atoms with Gasteiger partial charge in [-0.05, 0) is 43.5 Å². The topological polar surface area (TPSA) is 61.4 Å². The van der Waals surface area contributed by atoms with Crippen molar-refractivity contribution in [3.63, 3.8) is 0 Å². The monoisotopic (exact) mass is 234 g/mol. The van der Waals surface area contributed by atoms with Crippen molar-refractivity contribution < 1.29 is 9.90 Å². The second-order valence-electron chi connectivity index (χ2n) is 4.46. The highest BCUT2D eigenvalue weighted by Gasteiger charge is 2.12. The van der Waals surface area contributed by atoms with Crippen molar-refractivity contribution in [3.8, 4) is 0 Å². The van der Waals surface area contributed by atoms with Crippen LogP contribution in [0.4, 0.5) is 5.69 Å². The lowest BCUT2D eigenvalue weighted by molar-refractivity contribution is 0.0924. The molecule has 92 valence electrons. The average Bonchev–Trinajstić information content (AvgIpc) is 2.35. The predicted octanol–water partition coefficient (Wildman–Crippen LogP) is 1.16. The van der Waals surface area contributed by atoms with Crippen LogP contribution in [0.15, 0.2) is 18.2 Å². The van der Waals surface area contributed by atoms with Gasteiger partial charge in [-0.2, -0.15) is 0 Å². The molecule has 0 bridgehead atoms. The van der Waals surface area contributed by atoms with Crippen molar-refractivity contribution >= 4 is 11.6 Å². The Morgan fingerprint density at radius 3 is 3.18 bits per heavy atom. The Morgan fingerprint density at radius 2 is 2.41 bits per heavy atom. The van der Waals surface area contributed by atoms with E-state index in [2.05, 4.69) is 10.6 Å². The van der Waals surface area contributed by atoms with Gasteiger partial charge in [-0.25, -0.2) is 0 Å². The van der Waals surface area contributed by atoms with Gasteiger partial charge in [-0.3, -0.25) is 4.79 Å². The number of amides is 1. The Bertz CT molecular complexity index is 416. The molecule has 0 aliphatic carbocycles. The van der Waals surface area contributed by atoms with Gasteiger partial charge in [0, 0.05) is 24.3 Å². The highest BCUT2D eigenvalue weighted by atomic mass is 16.3. The van der Waals surface area contributed by atoms with E-state index in [1.54, 1.807) is 6.92 Å². The third-order valence-electron chi connectivity index (χ3n) is 2.86. The van der Waals surface area contributed by atoms with Crippen LogP contribution in [-0.2, 0) is 6.42 Å². The molecule has 3 N–H and O–H groups in total. The second-order valence-corrected chi connectivity index (χ2v) is 4.46. The number of carbonyl (C=O) groups is 1. The summed E-state index contributed by atoms with van der Waals surface area (Å²) in [5.74, 6) is -0.126. The molecule has 1 amide bonds. The number of benzene rings is 1. The summed E-state index contributed by atoms with van der Waals surface area (Å²) in [5.41, 5.74) is 2.98. The normalized spacial score (nSPS) is 15.6. The van der Waals surface area contributed by atoms with Crippen molar-refractivity contribution in [2.45, 2.75) is 25.9 Å². The van der Waals surface area contributed by atoms with E-state index >= 15 is 0 Å². The standard InChI is InChI=1S/C13H18N2O2/c1-9(16)8-15-13(17)11-4-5-12-10(7-11)3-2-6-14-12/h4-5,7,9,14,16H,2-3,6,8H2,1H3,(H,15,17)/t9-/m1/s1. The molecule has 0 saturated carbocycles. The lowest BCUT2D eigenvalue weighted by Crippen LogP contribution is -2.30. The minimum absolute atomic E-state index is 0.126. The first-order valence-corrected chi connectivity index (χ1v) is 6.00. The van der Waals surface area contributed by atoms with E-state index in [0.717, 1.165) is 25.1 Å². The predicted molar refractivity (Wildman–Crippen MR) is 67.3 cm³/mol. The first-order valence-electron chi connectivity index (χ1n) is 6.00. The Labute approximate surface area is 101 Å². The van der Waals surface area contributed by atoms with Crippen LogP contribution in [0.3, 0.4) is 0 Å². The molecule has 4 nitrogen and oxygen atoms in total. The van der Waals surface area contributed by atoms with Crippen molar-refractivity contribution in [2.75, 3.05) is 18.4 Å². The number of aliphatic hydroxyl groups is 1. The van der Waals surface area contributed by atoms with Gasteiger partial charge in [0.05, 0.1) is 6.10 Å². The van der Waals surface area contributed by atoms with Crippen LogP contribution in [0.25, 0.3) is 0 Å². The molecule has 1 aromatic rings. The highest BCUT2D eigenvalue weighted by molar-refractivity contribution is 5.95. The average molecular weight is 234 g/mol. The summed E-state index contributed by atoms with van der Waals surface area (Å²) in [6, 6.07) is 5.69. The molecule has 1 heterocycles. The lowest BCUT2D eigenvalue weighted by atomic mass is 10.0. The van der Waals surface area contributed by atoms with E-state index in [1.807, 2.05) is 18.2 Å². The number of rotatable bonds is 3. The smallest absolute Gasteiger partial charge is 0.251 e. The third kappa shape index (κ3) is 2.97. The minimum Gasteiger partial charge on any atom is -0.392 e. The lowest BCUT2D eigenvalue weighted by Gasteiger charge is -2.18. The van der Waals surface area contributed by atoms with Gasteiger partial charge in [0.15, 0.2) is 0 Å². The van der Waals surface area contributed by atoms with E-state index in [9.17, 15) is 4.79 Å². The van der Waals surface area contributed by atoms with Crippen molar-refractivity contribution in [3.05, 3.63) is 29.3 Å². The molecule has 0 fully saturated rings. The maximum Gasteiger partial charge on any atom is 0.251 e. The van der Waals surface area contributed by atoms with Crippen molar-refractivity contribution in [1.29, 1.82) is 0 Å². The molecular formula is C13H18N2O2. The van der Waals surface area contributed by atoms with Crippen LogP contribution in [0, 0.1) is 0 Å². The fourth-order valence-corrected chi connectivity index (χ4v) is 1.96. The summed E-state index contributed by atoms with van der Waals surface area (Å²) in [6.07, 6.45) is 1.60. The Hall–Kier alpha value is -1.55. The van der Waals surface area contributed by atoms with Crippen LogP contribution >= 0.6 is 0 Å². The third-order valence-corrected chi connectivity index (χ3v) is 2.86. The molecule has 17 heavy (non-hydrogen) atoms. The molecule has 2 rings (SSSR count). The van der Waals surface area contributed by atoms with Crippen LogP contribution in [0.5, 0.6) is 0 Å². The number of aryl methyl sites for hydroxylation is 1. The van der Waals surface area contributed by atoms with Crippen molar-refractivity contribution in [2.24, 2.45) is 0 Å². The number of fused-ring (bicyclic) bond motifs is 1. The molecule has 0 radical (unpaired) electrons. The number of nitrogens with one attached hydrogen (secondary N) is 2. The Morgan fingerprint density at radius 1 is 1.59 bits per heavy atom. The number of hydrogen-bond donors (Lipinski definition) is 3. The van der Waals surface area contributed by atoms with Gasteiger partial charge in [-0.15, -0.1) is 0 Å². The Kier molecular flexibility index (Phi) is 3.64. The fraction of sp³-hybridized carbons (Fsp3) is 0.462. The summed E-state index contributed by atoms with van der Waals surface area (Å²) < 4.78 is 0. The van der Waals surface area contributed by atoms with E-state index in [-0.39, 0.29) is 12.5 Å².